The van der Waals surface area contributed by atoms with E-state index in [0.29, 0.717) is 6.04 Å². The fourth-order valence-electron chi connectivity index (χ4n) is 3.72. The molecule has 3 nitrogen and oxygen atoms in total. The molecule has 2 heterocycles. The number of carbonyl (C=O) groups excluding carboxylic acids is 1. The maximum absolute atomic E-state index is 12.8. The summed E-state index contributed by atoms with van der Waals surface area (Å²) in [6, 6.07) is 6.69. The molecule has 114 valence electrons. The fourth-order valence-corrected chi connectivity index (χ4v) is 3.72. The number of ketones is 1. The van der Waals surface area contributed by atoms with Gasteiger partial charge in [0, 0.05) is 23.8 Å². The third-order valence-electron chi connectivity index (χ3n) is 5.06. The number of nitrogens with one attached hydrogen (secondary N) is 1. The Hall–Kier alpha value is -1.35. The number of Topliss-reactive ketones (excluding diaryl/α,β-unsaturated/α-hetero) is 1. The van der Waals surface area contributed by atoms with Crippen LogP contribution in [0.15, 0.2) is 18.2 Å². The Morgan fingerprint density at radius 2 is 2.19 bits per heavy atom. The van der Waals surface area contributed by atoms with Crippen molar-refractivity contribution in [3.63, 3.8) is 0 Å². The standard InChI is InChI=1S/C18H26N2O/c1-13-6-3-4-11-20(13)14(2)18(21)16-8-9-17-15(12-16)7-5-10-19-17/h8-9,12-14,19H,3-7,10-11H2,1-2H3. The summed E-state index contributed by atoms with van der Waals surface area (Å²) >= 11 is 0. The van der Waals surface area contributed by atoms with Crippen molar-refractivity contribution in [2.45, 2.75) is 58.0 Å². The molecule has 2 aliphatic heterocycles. The maximum atomic E-state index is 12.8. The highest BCUT2D eigenvalue weighted by atomic mass is 16.1. The zero-order chi connectivity index (χ0) is 14.8. The Kier molecular flexibility index (Phi) is 4.29. The van der Waals surface area contributed by atoms with E-state index < -0.39 is 0 Å². The van der Waals surface area contributed by atoms with Crippen LogP contribution in [0.2, 0.25) is 0 Å². The molecule has 2 atom stereocenters. The van der Waals surface area contributed by atoms with Crippen LogP contribution in [-0.2, 0) is 6.42 Å². The summed E-state index contributed by atoms with van der Waals surface area (Å²) in [5.41, 5.74) is 3.38. The molecule has 0 spiro atoms. The molecular formula is C18H26N2O. The normalized spacial score (nSPS) is 24.0. The van der Waals surface area contributed by atoms with Crippen LogP contribution < -0.4 is 5.32 Å². The van der Waals surface area contributed by atoms with Crippen molar-refractivity contribution < 1.29 is 4.79 Å². The molecule has 1 aromatic carbocycles. The van der Waals surface area contributed by atoms with Gasteiger partial charge < -0.3 is 5.32 Å². The zero-order valence-electron chi connectivity index (χ0n) is 13.2. The second kappa shape index (κ2) is 6.18. The van der Waals surface area contributed by atoms with Gasteiger partial charge in [-0.3, -0.25) is 9.69 Å². The first-order valence-corrected chi connectivity index (χ1v) is 8.33. The highest BCUT2D eigenvalue weighted by Gasteiger charge is 2.28. The van der Waals surface area contributed by atoms with Gasteiger partial charge in [0.05, 0.1) is 6.04 Å². The number of piperidine rings is 1. The third-order valence-corrected chi connectivity index (χ3v) is 5.06. The molecule has 2 aliphatic rings. The average Bonchev–Trinajstić information content (AvgIpc) is 2.53. The summed E-state index contributed by atoms with van der Waals surface area (Å²) < 4.78 is 0. The van der Waals surface area contributed by atoms with Crippen LogP contribution in [0.5, 0.6) is 0 Å². The van der Waals surface area contributed by atoms with Gasteiger partial charge >= 0.3 is 0 Å². The molecule has 21 heavy (non-hydrogen) atoms. The van der Waals surface area contributed by atoms with Crippen molar-refractivity contribution in [1.29, 1.82) is 0 Å². The van der Waals surface area contributed by atoms with E-state index in [2.05, 4.69) is 36.2 Å². The van der Waals surface area contributed by atoms with Gasteiger partial charge in [-0.05, 0) is 69.8 Å². The highest BCUT2D eigenvalue weighted by Crippen LogP contribution is 2.25. The van der Waals surface area contributed by atoms with Crippen LogP contribution in [0.3, 0.4) is 0 Å². The monoisotopic (exact) mass is 286 g/mol. The smallest absolute Gasteiger partial charge is 0.179 e. The Labute approximate surface area is 127 Å². The first kappa shape index (κ1) is 14.6. The van der Waals surface area contributed by atoms with Crippen molar-refractivity contribution >= 4 is 11.5 Å². The fraction of sp³-hybridized carbons (Fsp3) is 0.611. The molecule has 3 heteroatoms. The Bertz CT molecular complexity index is 526. The minimum Gasteiger partial charge on any atom is -0.385 e. The summed E-state index contributed by atoms with van der Waals surface area (Å²) in [5, 5.41) is 3.41. The molecule has 0 bridgehead atoms. The molecular weight excluding hydrogens is 260 g/mol. The molecule has 3 rings (SSSR count). The van der Waals surface area contributed by atoms with Crippen molar-refractivity contribution in [3.05, 3.63) is 29.3 Å². The van der Waals surface area contributed by atoms with Gasteiger partial charge in [0.1, 0.15) is 0 Å². The lowest BCUT2D eigenvalue weighted by Gasteiger charge is -2.37. The van der Waals surface area contributed by atoms with Crippen LogP contribution in [0.25, 0.3) is 0 Å². The van der Waals surface area contributed by atoms with Gasteiger partial charge in [0.2, 0.25) is 0 Å². The van der Waals surface area contributed by atoms with Crippen LogP contribution in [0, 0.1) is 0 Å². The van der Waals surface area contributed by atoms with Gasteiger partial charge in [0.15, 0.2) is 5.78 Å². The summed E-state index contributed by atoms with van der Waals surface area (Å²) in [7, 11) is 0. The number of benzene rings is 1. The van der Waals surface area contributed by atoms with Gasteiger partial charge in [-0.25, -0.2) is 0 Å². The summed E-state index contributed by atoms with van der Waals surface area (Å²) in [6.45, 7) is 6.42. The number of rotatable bonds is 3. The van der Waals surface area contributed by atoms with E-state index in [-0.39, 0.29) is 11.8 Å². The molecule has 0 aliphatic carbocycles. The number of aryl methyl sites for hydroxylation is 1. The third kappa shape index (κ3) is 2.98. The second-order valence-corrected chi connectivity index (χ2v) is 6.53. The molecule has 1 saturated heterocycles. The number of nitrogens with zero attached hydrogens (tertiary/aromatic N) is 1. The lowest BCUT2D eigenvalue weighted by molar-refractivity contribution is 0.0701. The molecule has 0 aromatic heterocycles. The van der Waals surface area contributed by atoms with E-state index in [0.717, 1.165) is 31.5 Å². The van der Waals surface area contributed by atoms with Crippen LogP contribution >= 0.6 is 0 Å². The topological polar surface area (TPSA) is 32.3 Å². The largest absolute Gasteiger partial charge is 0.385 e. The zero-order valence-corrected chi connectivity index (χ0v) is 13.2. The predicted octanol–water partition coefficient (Wildman–Crippen LogP) is 3.49. The molecule has 0 saturated carbocycles. The molecule has 1 aromatic rings. The minimum atomic E-state index is -0.00472. The molecule has 1 fully saturated rings. The number of carbonyl (C=O) groups is 1. The van der Waals surface area contributed by atoms with Crippen LogP contribution in [0.4, 0.5) is 5.69 Å². The average molecular weight is 286 g/mol. The summed E-state index contributed by atoms with van der Waals surface area (Å²) in [6.07, 6.45) is 5.96. The molecule has 2 unspecified atom stereocenters. The molecule has 0 amide bonds. The van der Waals surface area contributed by atoms with E-state index in [1.807, 2.05) is 6.07 Å². The minimum absolute atomic E-state index is 0.00472. The van der Waals surface area contributed by atoms with E-state index >= 15 is 0 Å². The van der Waals surface area contributed by atoms with Crippen molar-refractivity contribution in [1.82, 2.24) is 4.90 Å². The highest BCUT2D eigenvalue weighted by molar-refractivity contribution is 6.00. The van der Waals surface area contributed by atoms with Gasteiger partial charge in [-0.1, -0.05) is 6.42 Å². The van der Waals surface area contributed by atoms with Gasteiger partial charge in [-0.15, -0.1) is 0 Å². The number of anilines is 1. The Morgan fingerprint density at radius 1 is 1.33 bits per heavy atom. The van der Waals surface area contributed by atoms with Gasteiger partial charge in [0.25, 0.3) is 0 Å². The quantitative estimate of drug-likeness (QED) is 0.863. The van der Waals surface area contributed by atoms with E-state index in [9.17, 15) is 4.79 Å². The van der Waals surface area contributed by atoms with Crippen LogP contribution in [0.1, 0.15) is 55.5 Å². The number of hydrogen-bond donors (Lipinski definition) is 1. The first-order valence-electron chi connectivity index (χ1n) is 8.33. The van der Waals surface area contributed by atoms with Gasteiger partial charge in [-0.2, -0.15) is 0 Å². The van der Waals surface area contributed by atoms with Crippen LogP contribution in [-0.4, -0.2) is 35.9 Å². The maximum Gasteiger partial charge on any atom is 0.179 e. The summed E-state index contributed by atoms with van der Waals surface area (Å²) in [4.78, 5) is 15.2. The lowest BCUT2D eigenvalue weighted by Crippen LogP contribution is -2.47. The Morgan fingerprint density at radius 3 is 3.00 bits per heavy atom. The van der Waals surface area contributed by atoms with E-state index in [4.69, 9.17) is 0 Å². The van der Waals surface area contributed by atoms with Crippen molar-refractivity contribution in [3.8, 4) is 0 Å². The number of likely N-dealkylation sites (tertiary alicyclic amines) is 1. The first-order chi connectivity index (χ1) is 10.2. The SMILES string of the molecule is CC1CCCCN1C(C)C(=O)c1ccc2c(c1)CCCN2. The lowest BCUT2D eigenvalue weighted by atomic mass is 9.94. The van der Waals surface area contributed by atoms with Crippen molar-refractivity contribution in [2.24, 2.45) is 0 Å². The second-order valence-electron chi connectivity index (χ2n) is 6.53. The number of fused-ring (bicyclic) bond motifs is 1. The van der Waals surface area contributed by atoms with Crippen molar-refractivity contribution in [2.75, 3.05) is 18.4 Å². The van der Waals surface area contributed by atoms with E-state index in [1.165, 1.54) is 30.5 Å². The molecule has 1 N–H and O–H groups in total. The predicted molar refractivity (Wildman–Crippen MR) is 87.1 cm³/mol. The van der Waals surface area contributed by atoms with E-state index in [1.54, 1.807) is 0 Å². The summed E-state index contributed by atoms with van der Waals surface area (Å²) in [5.74, 6) is 0.275. The number of hydrogen-bond acceptors (Lipinski definition) is 3. The molecule has 0 radical (unpaired) electrons. The Balaban J connectivity index is 1.77.